The summed E-state index contributed by atoms with van der Waals surface area (Å²) < 4.78 is 6.10. The van der Waals surface area contributed by atoms with Crippen LogP contribution in [0, 0.1) is 0 Å². The molecule has 0 amide bonds. The van der Waals surface area contributed by atoms with Crippen LogP contribution < -0.4 is 9.64 Å². The van der Waals surface area contributed by atoms with E-state index in [-0.39, 0.29) is 0 Å². The maximum absolute atomic E-state index is 6.10. The molecule has 0 unspecified atom stereocenters. The molecular formula is C26H21N3O. The summed E-state index contributed by atoms with van der Waals surface area (Å²) in [6.45, 7) is 3.11. The van der Waals surface area contributed by atoms with Gasteiger partial charge in [0.25, 0.3) is 0 Å². The van der Waals surface area contributed by atoms with Crippen LogP contribution in [0.15, 0.2) is 77.9 Å². The fourth-order valence-corrected chi connectivity index (χ4v) is 4.42. The van der Waals surface area contributed by atoms with Gasteiger partial charge in [-0.05, 0) is 52.6 Å². The smallest absolute Gasteiger partial charge is 0.124 e. The molecule has 0 aliphatic carbocycles. The van der Waals surface area contributed by atoms with E-state index in [1.54, 1.807) is 0 Å². The summed E-state index contributed by atoms with van der Waals surface area (Å²) in [5.74, 6) is 0.974. The average molecular weight is 391 g/mol. The molecule has 0 spiro atoms. The average Bonchev–Trinajstić information content (AvgIpc) is 3.16. The predicted octanol–water partition coefficient (Wildman–Crippen LogP) is 5.23. The van der Waals surface area contributed by atoms with Crippen molar-refractivity contribution in [1.82, 2.24) is 4.98 Å². The number of anilines is 1. The SMILES string of the molecule is C1=NCc2ccc(-c3ccc4c(c3)CN(c3ccnc5ccccc35)CCO4)cc21. The van der Waals surface area contributed by atoms with E-state index in [4.69, 9.17) is 4.74 Å². The molecule has 0 N–H and O–H groups in total. The minimum atomic E-state index is 0.665. The van der Waals surface area contributed by atoms with Gasteiger partial charge in [-0.25, -0.2) is 0 Å². The summed E-state index contributed by atoms with van der Waals surface area (Å²) >= 11 is 0. The Kier molecular flexibility index (Phi) is 4.01. The van der Waals surface area contributed by atoms with Crippen LogP contribution in [0.5, 0.6) is 5.75 Å². The van der Waals surface area contributed by atoms with Crippen molar-refractivity contribution in [2.45, 2.75) is 13.1 Å². The van der Waals surface area contributed by atoms with E-state index < -0.39 is 0 Å². The van der Waals surface area contributed by atoms with Crippen molar-refractivity contribution >= 4 is 22.8 Å². The second-order valence-electron chi connectivity index (χ2n) is 7.82. The number of ether oxygens (including phenoxy) is 1. The molecule has 0 saturated carbocycles. The van der Waals surface area contributed by atoms with E-state index in [9.17, 15) is 0 Å². The van der Waals surface area contributed by atoms with Crippen LogP contribution in [0.1, 0.15) is 16.7 Å². The second kappa shape index (κ2) is 6.99. The summed E-state index contributed by atoms with van der Waals surface area (Å²) in [7, 11) is 0. The van der Waals surface area contributed by atoms with Gasteiger partial charge in [-0.15, -0.1) is 0 Å². The van der Waals surface area contributed by atoms with Crippen LogP contribution in [0.4, 0.5) is 5.69 Å². The third-order valence-corrected chi connectivity index (χ3v) is 5.98. The van der Waals surface area contributed by atoms with E-state index in [0.29, 0.717) is 6.61 Å². The molecule has 3 aromatic carbocycles. The topological polar surface area (TPSA) is 37.7 Å². The highest BCUT2D eigenvalue weighted by molar-refractivity contribution is 5.91. The first-order valence-electron chi connectivity index (χ1n) is 10.3. The summed E-state index contributed by atoms with van der Waals surface area (Å²) in [5.41, 5.74) is 8.39. The Hall–Kier alpha value is -3.66. The summed E-state index contributed by atoms with van der Waals surface area (Å²) in [5, 5.41) is 1.18. The van der Waals surface area contributed by atoms with Gasteiger partial charge in [-0.1, -0.05) is 36.4 Å². The number of rotatable bonds is 2. The van der Waals surface area contributed by atoms with Crippen LogP contribution >= 0.6 is 0 Å². The minimum Gasteiger partial charge on any atom is -0.491 e. The van der Waals surface area contributed by atoms with Crippen molar-refractivity contribution in [3.8, 4) is 16.9 Å². The molecule has 0 radical (unpaired) electrons. The van der Waals surface area contributed by atoms with Crippen molar-refractivity contribution in [1.29, 1.82) is 0 Å². The first-order valence-corrected chi connectivity index (χ1v) is 10.3. The molecule has 4 aromatic rings. The van der Waals surface area contributed by atoms with Gasteiger partial charge in [0.05, 0.1) is 18.6 Å². The summed E-state index contributed by atoms with van der Waals surface area (Å²) in [6, 6.07) is 23.6. The zero-order valence-corrected chi connectivity index (χ0v) is 16.6. The monoisotopic (exact) mass is 391 g/mol. The zero-order valence-electron chi connectivity index (χ0n) is 16.6. The third-order valence-electron chi connectivity index (χ3n) is 5.98. The first kappa shape index (κ1) is 17.2. The Bertz CT molecular complexity index is 1290. The van der Waals surface area contributed by atoms with Crippen molar-refractivity contribution in [2.24, 2.45) is 4.99 Å². The van der Waals surface area contributed by atoms with Gasteiger partial charge in [0.1, 0.15) is 12.4 Å². The normalized spacial score (nSPS) is 14.9. The van der Waals surface area contributed by atoms with E-state index in [2.05, 4.69) is 75.5 Å². The molecule has 2 aliphatic rings. The number of benzene rings is 3. The molecule has 0 fully saturated rings. The number of pyridine rings is 1. The predicted molar refractivity (Wildman–Crippen MR) is 121 cm³/mol. The van der Waals surface area contributed by atoms with Crippen LogP contribution in [0.2, 0.25) is 0 Å². The number of hydrogen-bond donors (Lipinski definition) is 0. The van der Waals surface area contributed by atoms with Crippen molar-refractivity contribution in [2.75, 3.05) is 18.1 Å². The Balaban J connectivity index is 1.39. The number of fused-ring (bicyclic) bond motifs is 3. The Morgan fingerprint density at radius 1 is 0.867 bits per heavy atom. The fraction of sp³-hybridized carbons (Fsp3) is 0.154. The standard InChI is InChI=1S/C26H21N3O/c1-2-4-24-23(3-1)25(9-10-28-24)29-11-12-30-26-8-7-19(14-22(26)17-29)18-5-6-20-15-27-16-21(20)13-18/h1-10,13-14,16H,11-12,15,17H2. The van der Waals surface area contributed by atoms with E-state index in [1.165, 1.54) is 38.9 Å². The largest absolute Gasteiger partial charge is 0.491 e. The highest BCUT2D eigenvalue weighted by Gasteiger charge is 2.19. The molecule has 0 bridgehead atoms. The van der Waals surface area contributed by atoms with Gasteiger partial charge in [0.2, 0.25) is 0 Å². The zero-order chi connectivity index (χ0) is 19.9. The number of hydrogen-bond acceptors (Lipinski definition) is 4. The maximum Gasteiger partial charge on any atom is 0.124 e. The number of nitrogens with zero attached hydrogens (tertiary/aromatic N) is 3. The molecule has 30 heavy (non-hydrogen) atoms. The lowest BCUT2D eigenvalue weighted by atomic mass is 9.98. The van der Waals surface area contributed by atoms with E-state index >= 15 is 0 Å². The maximum atomic E-state index is 6.10. The Morgan fingerprint density at radius 2 is 1.77 bits per heavy atom. The molecular weight excluding hydrogens is 370 g/mol. The second-order valence-corrected chi connectivity index (χ2v) is 7.82. The highest BCUT2D eigenvalue weighted by atomic mass is 16.5. The van der Waals surface area contributed by atoms with Crippen LogP contribution in [-0.4, -0.2) is 24.4 Å². The molecule has 146 valence electrons. The van der Waals surface area contributed by atoms with Crippen molar-refractivity contribution < 1.29 is 4.74 Å². The molecule has 0 saturated heterocycles. The molecule has 6 rings (SSSR count). The van der Waals surface area contributed by atoms with E-state index in [1.807, 2.05) is 18.5 Å². The fourth-order valence-electron chi connectivity index (χ4n) is 4.42. The van der Waals surface area contributed by atoms with Crippen molar-refractivity contribution in [3.05, 3.63) is 89.6 Å². The van der Waals surface area contributed by atoms with Gasteiger partial charge >= 0.3 is 0 Å². The number of aromatic nitrogens is 1. The molecule has 3 heterocycles. The van der Waals surface area contributed by atoms with Gasteiger partial charge < -0.3 is 9.64 Å². The van der Waals surface area contributed by atoms with Crippen LogP contribution in [-0.2, 0) is 13.1 Å². The molecule has 1 aromatic heterocycles. The first-order chi connectivity index (χ1) is 14.8. The Labute approximate surface area is 175 Å². The molecule has 4 nitrogen and oxygen atoms in total. The lowest BCUT2D eigenvalue weighted by molar-refractivity contribution is 0.332. The lowest BCUT2D eigenvalue weighted by Crippen LogP contribution is -2.25. The van der Waals surface area contributed by atoms with Crippen LogP contribution in [0.25, 0.3) is 22.0 Å². The molecule has 0 atom stereocenters. The van der Waals surface area contributed by atoms with Gasteiger partial charge in [0.15, 0.2) is 0 Å². The quantitative estimate of drug-likeness (QED) is 0.469. The van der Waals surface area contributed by atoms with Gasteiger partial charge in [0, 0.05) is 35.6 Å². The highest BCUT2D eigenvalue weighted by Crippen LogP contribution is 2.33. The minimum absolute atomic E-state index is 0.665. The van der Waals surface area contributed by atoms with E-state index in [0.717, 1.165) is 30.9 Å². The van der Waals surface area contributed by atoms with Gasteiger partial charge in [-0.3, -0.25) is 9.98 Å². The molecule has 2 aliphatic heterocycles. The number of aliphatic imine (C=N–C) groups is 1. The summed E-state index contributed by atoms with van der Waals surface area (Å²) in [4.78, 5) is 11.3. The third kappa shape index (κ3) is 2.92. The van der Waals surface area contributed by atoms with Crippen LogP contribution in [0.3, 0.4) is 0 Å². The van der Waals surface area contributed by atoms with Crippen molar-refractivity contribution in [3.63, 3.8) is 0 Å². The number of para-hydroxylation sites is 1. The summed E-state index contributed by atoms with van der Waals surface area (Å²) in [6.07, 6.45) is 3.87. The Morgan fingerprint density at radius 3 is 2.77 bits per heavy atom. The molecule has 4 heteroatoms. The lowest BCUT2D eigenvalue weighted by Gasteiger charge is -2.23. The van der Waals surface area contributed by atoms with Gasteiger partial charge in [-0.2, -0.15) is 0 Å².